The Hall–Kier alpha value is -4.18. The molecule has 34 heavy (non-hydrogen) atoms. The van der Waals surface area contributed by atoms with Crippen molar-refractivity contribution in [3.63, 3.8) is 0 Å². The van der Waals surface area contributed by atoms with Gasteiger partial charge in [-0.1, -0.05) is 12.1 Å². The Morgan fingerprint density at radius 2 is 1.53 bits per heavy atom. The maximum absolute atomic E-state index is 13.1. The molecule has 0 radical (unpaired) electrons. The van der Waals surface area contributed by atoms with Crippen LogP contribution in [0.25, 0.3) is 11.0 Å². The van der Waals surface area contributed by atoms with Crippen LogP contribution < -0.4 is 20.1 Å². The smallest absolute Gasteiger partial charge is 0.263 e. The standard InChI is InChI=1S/C24H23N5O4S/c1-15-12-18(14-19(13-15)33-3)26-23-24(28-22-7-5-4-6-21(22)27-23)29-34(31,32)20-10-8-17(9-11-20)25-16(2)30/h4-14H,1-3H3,(H,25,30)(H,26,27)(H,28,29). The highest BCUT2D eigenvalue weighted by Crippen LogP contribution is 2.29. The molecule has 0 fully saturated rings. The number of aryl methyl sites for hydroxylation is 1. The Morgan fingerprint density at radius 1 is 0.882 bits per heavy atom. The molecule has 4 aromatic rings. The van der Waals surface area contributed by atoms with Crippen LogP contribution >= 0.6 is 0 Å². The van der Waals surface area contributed by atoms with Gasteiger partial charge in [0.25, 0.3) is 10.0 Å². The van der Waals surface area contributed by atoms with Gasteiger partial charge in [0.05, 0.1) is 23.0 Å². The number of carbonyl (C=O) groups excluding carboxylic acids is 1. The zero-order valence-corrected chi connectivity index (χ0v) is 19.6. The average molecular weight is 478 g/mol. The number of para-hydroxylation sites is 2. The van der Waals surface area contributed by atoms with E-state index in [-0.39, 0.29) is 22.4 Å². The Morgan fingerprint density at radius 3 is 2.15 bits per heavy atom. The van der Waals surface area contributed by atoms with Crippen LogP contribution in [0.2, 0.25) is 0 Å². The van der Waals surface area contributed by atoms with Gasteiger partial charge in [-0.2, -0.15) is 0 Å². The molecule has 4 rings (SSSR count). The number of carbonyl (C=O) groups is 1. The summed E-state index contributed by atoms with van der Waals surface area (Å²) in [5, 5.41) is 5.76. The van der Waals surface area contributed by atoms with Crippen molar-refractivity contribution in [2.45, 2.75) is 18.7 Å². The molecule has 0 spiro atoms. The van der Waals surface area contributed by atoms with Gasteiger partial charge in [0.2, 0.25) is 5.91 Å². The average Bonchev–Trinajstić information content (AvgIpc) is 2.79. The number of nitrogens with one attached hydrogen (secondary N) is 3. The van der Waals surface area contributed by atoms with Crippen LogP contribution in [-0.4, -0.2) is 31.4 Å². The van der Waals surface area contributed by atoms with Gasteiger partial charge >= 0.3 is 0 Å². The molecule has 0 atom stereocenters. The molecule has 0 aliphatic rings. The quantitative estimate of drug-likeness (QED) is 0.359. The number of benzene rings is 3. The molecular formula is C24H23N5O4S. The van der Waals surface area contributed by atoms with E-state index in [9.17, 15) is 13.2 Å². The van der Waals surface area contributed by atoms with Crippen molar-refractivity contribution in [2.75, 3.05) is 22.5 Å². The normalized spacial score (nSPS) is 11.1. The molecule has 0 saturated carbocycles. The maximum Gasteiger partial charge on any atom is 0.263 e. The molecule has 3 N–H and O–H groups in total. The van der Waals surface area contributed by atoms with Crippen molar-refractivity contribution in [3.05, 3.63) is 72.3 Å². The van der Waals surface area contributed by atoms with Crippen molar-refractivity contribution in [1.29, 1.82) is 0 Å². The minimum absolute atomic E-state index is 0.0136. The molecule has 1 heterocycles. The second-order valence-corrected chi connectivity index (χ2v) is 9.27. The molecule has 174 valence electrons. The van der Waals surface area contributed by atoms with E-state index in [1.165, 1.54) is 31.2 Å². The number of ether oxygens (including phenoxy) is 1. The van der Waals surface area contributed by atoms with Crippen molar-refractivity contribution in [1.82, 2.24) is 9.97 Å². The monoisotopic (exact) mass is 477 g/mol. The maximum atomic E-state index is 13.1. The zero-order chi connectivity index (χ0) is 24.3. The number of anilines is 4. The molecule has 0 bridgehead atoms. The van der Waals surface area contributed by atoms with E-state index < -0.39 is 10.0 Å². The van der Waals surface area contributed by atoms with Crippen LogP contribution in [0.4, 0.5) is 23.0 Å². The summed E-state index contributed by atoms with van der Waals surface area (Å²) in [5.41, 5.74) is 3.26. The first kappa shape index (κ1) is 23.0. The third-order valence-electron chi connectivity index (χ3n) is 4.84. The molecular weight excluding hydrogens is 454 g/mol. The molecule has 0 saturated heterocycles. The van der Waals surface area contributed by atoms with Gasteiger partial charge in [-0.15, -0.1) is 0 Å². The molecule has 10 heteroatoms. The first-order valence-corrected chi connectivity index (χ1v) is 11.8. The molecule has 1 amide bonds. The van der Waals surface area contributed by atoms with Crippen LogP contribution in [0.15, 0.2) is 71.6 Å². The van der Waals surface area contributed by atoms with Gasteiger partial charge in [-0.25, -0.2) is 18.4 Å². The second-order valence-electron chi connectivity index (χ2n) is 7.58. The number of aromatic nitrogens is 2. The fraction of sp³-hybridized carbons (Fsp3) is 0.125. The highest BCUT2D eigenvalue weighted by atomic mass is 32.2. The Bertz CT molecular complexity index is 1470. The first-order valence-electron chi connectivity index (χ1n) is 10.3. The predicted octanol–water partition coefficient (Wildman–Crippen LogP) is 4.45. The number of amides is 1. The number of methoxy groups -OCH3 is 1. The number of rotatable bonds is 7. The summed E-state index contributed by atoms with van der Waals surface area (Å²) in [6, 6.07) is 18.6. The molecule has 9 nitrogen and oxygen atoms in total. The molecule has 0 aliphatic carbocycles. The number of hydrogen-bond acceptors (Lipinski definition) is 7. The van der Waals surface area contributed by atoms with Gasteiger partial charge in [-0.05, 0) is 61.0 Å². The molecule has 0 unspecified atom stereocenters. The Kier molecular flexibility index (Phi) is 6.33. The van der Waals surface area contributed by atoms with Crippen molar-refractivity contribution in [2.24, 2.45) is 0 Å². The summed E-state index contributed by atoms with van der Waals surface area (Å²) in [4.78, 5) is 20.3. The summed E-state index contributed by atoms with van der Waals surface area (Å²) in [6.45, 7) is 3.30. The minimum atomic E-state index is -3.99. The Balaban J connectivity index is 1.72. The van der Waals surface area contributed by atoms with E-state index in [1.807, 2.05) is 25.1 Å². The van der Waals surface area contributed by atoms with Gasteiger partial charge in [-0.3, -0.25) is 9.52 Å². The number of nitrogens with zero attached hydrogens (tertiary/aromatic N) is 2. The lowest BCUT2D eigenvalue weighted by molar-refractivity contribution is -0.114. The lowest BCUT2D eigenvalue weighted by Crippen LogP contribution is -2.16. The predicted molar refractivity (Wildman–Crippen MR) is 132 cm³/mol. The van der Waals surface area contributed by atoms with Gasteiger partial charge in [0, 0.05) is 24.4 Å². The third-order valence-corrected chi connectivity index (χ3v) is 6.19. The van der Waals surface area contributed by atoms with Gasteiger partial charge in [0.15, 0.2) is 11.6 Å². The molecule has 1 aromatic heterocycles. The first-order chi connectivity index (χ1) is 16.2. The third kappa shape index (κ3) is 5.24. The lowest BCUT2D eigenvalue weighted by Gasteiger charge is -2.15. The van der Waals surface area contributed by atoms with Crippen LogP contribution in [-0.2, 0) is 14.8 Å². The van der Waals surface area contributed by atoms with Crippen molar-refractivity contribution in [3.8, 4) is 5.75 Å². The zero-order valence-electron chi connectivity index (χ0n) is 18.8. The number of hydrogen-bond donors (Lipinski definition) is 3. The summed E-state index contributed by atoms with van der Waals surface area (Å²) in [6.07, 6.45) is 0. The fourth-order valence-corrected chi connectivity index (χ4v) is 4.35. The van der Waals surface area contributed by atoms with E-state index in [1.54, 1.807) is 31.4 Å². The SMILES string of the molecule is COc1cc(C)cc(Nc2nc3ccccc3nc2NS(=O)(=O)c2ccc(NC(C)=O)cc2)c1. The minimum Gasteiger partial charge on any atom is -0.497 e. The van der Waals surface area contributed by atoms with Crippen LogP contribution in [0, 0.1) is 6.92 Å². The van der Waals surface area contributed by atoms with E-state index in [0.29, 0.717) is 28.2 Å². The second kappa shape index (κ2) is 9.36. The summed E-state index contributed by atoms with van der Waals surface area (Å²) in [5.74, 6) is 0.691. The topological polar surface area (TPSA) is 122 Å². The van der Waals surface area contributed by atoms with Crippen LogP contribution in [0.5, 0.6) is 5.75 Å². The van der Waals surface area contributed by atoms with Crippen molar-refractivity contribution < 1.29 is 17.9 Å². The Labute approximate surface area is 197 Å². The highest BCUT2D eigenvalue weighted by molar-refractivity contribution is 7.92. The van der Waals surface area contributed by atoms with E-state index >= 15 is 0 Å². The lowest BCUT2D eigenvalue weighted by atomic mass is 10.2. The summed E-state index contributed by atoms with van der Waals surface area (Å²) >= 11 is 0. The van der Waals surface area contributed by atoms with E-state index in [0.717, 1.165) is 5.56 Å². The summed E-state index contributed by atoms with van der Waals surface area (Å²) in [7, 11) is -2.42. The number of fused-ring (bicyclic) bond motifs is 1. The molecule has 3 aromatic carbocycles. The largest absolute Gasteiger partial charge is 0.497 e. The number of sulfonamides is 1. The fourth-order valence-electron chi connectivity index (χ4n) is 3.34. The van der Waals surface area contributed by atoms with Crippen molar-refractivity contribution >= 4 is 50.0 Å². The van der Waals surface area contributed by atoms with Crippen LogP contribution in [0.1, 0.15) is 12.5 Å². The van der Waals surface area contributed by atoms with E-state index in [2.05, 4.69) is 25.3 Å². The molecule has 0 aliphatic heterocycles. The van der Waals surface area contributed by atoms with E-state index in [4.69, 9.17) is 4.74 Å². The highest BCUT2D eigenvalue weighted by Gasteiger charge is 2.19. The summed E-state index contributed by atoms with van der Waals surface area (Å²) < 4.78 is 34.1. The van der Waals surface area contributed by atoms with Crippen LogP contribution in [0.3, 0.4) is 0 Å². The van der Waals surface area contributed by atoms with Gasteiger partial charge < -0.3 is 15.4 Å². The van der Waals surface area contributed by atoms with Gasteiger partial charge in [0.1, 0.15) is 5.75 Å².